The van der Waals surface area contributed by atoms with Gasteiger partial charge in [0.05, 0.1) is 0 Å². The van der Waals surface area contributed by atoms with Crippen molar-refractivity contribution >= 4 is 16.3 Å². The number of carbonyl (C=O) groups is 1. The Bertz CT molecular complexity index is 718. The third kappa shape index (κ3) is 2.97. The van der Waals surface area contributed by atoms with Gasteiger partial charge in [-0.25, -0.2) is 13.1 Å². The zero-order valence-electron chi connectivity index (χ0n) is 11.2. The number of rotatable bonds is 5. The summed E-state index contributed by atoms with van der Waals surface area (Å²) < 4.78 is 31.7. The molecule has 2 aromatic rings. The number of nitrogens with one attached hydrogen (secondary N) is 1. The molecule has 20 heavy (non-hydrogen) atoms. The molecule has 0 aliphatic rings. The normalized spacial score (nSPS) is 13.1. The number of aryl methyl sites for hydroxylation is 1. The number of carbonyl (C=O) groups excluding carboxylic acids is 1. The van der Waals surface area contributed by atoms with Gasteiger partial charge in [-0.05, 0) is 37.1 Å². The Hall–Kier alpha value is -1.92. The molecule has 0 spiro atoms. The molecule has 1 N–H and O–H groups in total. The van der Waals surface area contributed by atoms with Gasteiger partial charge < -0.3 is 4.42 Å². The van der Waals surface area contributed by atoms with Crippen LogP contribution in [0.3, 0.4) is 0 Å². The van der Waals surface area contributed by atoms with Crippen LogP contribution >= 0.6 is 0 Å². The molecule has 1 aromatic heterocycles. The monoisotopic (exact) mass is 293 g/mol. The second-order valence-electron chi connectivity index (χ2n) is 4.47. The number of benzene rings is 1. The van der Waals surface area contributed by atoms with E-state index in [1.54, 1.807) is 6.92 Å². The highest BCUT2D eigenvalue weighted by molar-refractivity contribution is 7.89. The Labute approximate surface area is 117 Å². The highest BCUT2D eigenvalue weighted by Gasteiger charge is 2.22. The summed E-state index contributed by atoms with van der Waals surface area (Å²) in [5, 5.41) is -0.264. The Kier molecular flexibility index (Phi) is 4.06. The maximum Gasteiger partial charge on any atom is 0.274 e. The predicted molar refractivity (Wildman–Crippen MR) is 74.0 cm³/mol. The number of hydrogen-bond donors (Lipinski definition) is 1. The summed E-state index contributed by atoms with van der Waals surface area (Å²) in [6.07, 6.45) is 0.462. The summed E-state index contributed by atoms with van der Waals surface area (Å²) in [6, 6.07) is 9.70. The van der Waals surface area contributed by atoms with Crippen LogP contribution in [0.15, 0.2) is 45.9 Å². The molecule has 1 heterocycles. The summed E-state index contributed by atoms with van der Waals surface area (Å²) in [6.45, 7) is 3.67. The van der Waals surface area contributed by atoms with E-state index in [1.165, 1.54) is 12.1 Å². The summed E-state index contributed by atoms with van der Waals surface area (Å²) >= 11 is 0. The SMILES string of the molecule is Cc1ccccc1C(C)NS(=O)(=O)c1ccc(C=O)o1. The molecule has 0 saturated heterocycles. The van der Waals surface area contributed by atoms with Gasteiger partial charge in [0.2, 0.25) is 5.09 Å². The largest absolute Gasteiger partial charge is 0.440 e. The topological polar surface area (TPSA) is 76.4 Å². The molecule has 0 aliphatic heterocycles. The van der Waals surface area contributed by atoms with Gasteiger partial charge >= 0.3 is 0 Å². The minimum Gasteiger partial charge on any atom is -0.440 e. The Morgan fingerprint density at radius 2 is 1.90 bits per heavy atom. The first-order valence-electron chi connectivity index (χ1n) is 6.07. The van der Waals surface area contributed by atoms with Gasteiger partial charge in [0.25, 0.3) is 10.0 Å². The Balaban J connectivity index is 2.24. The number of hydrogen-bond acceptors (Lipinski definition) is 4. The van der Waals surface area contributed by atoms with E-state index in [0.717, 1.165) is 11.1 Å². The van der Waals surface area contributed by atoms with Gasteiger partial charge in [-0.1, -0.05) is 24.3 Å². The molecule has 1 atom stereocenters. The molecule has 0 amide bonds. The highest BCUT2D eigenvalue weighted by Crippen LogP contribution is 2.20. The molecule has 106 valence electrons. The van der Waals surface area contributed by atoms with E-state index in [0.29, 0.717) is 6.29 Å². The summed E-state index contributed by atoms with van der Waals surface area (Å²) in [5.74, 6) is -0.0195. The summed E-state index contributed by atoms with van der Waals surface area (Å²) in [4.78, 5) is 10.5. The van der Waals surface area contributed by atoms with E-state index in [-0.39, 0.29) is 10.9 Å². The van der Waals surface area contributed by atoms with Crippen molar-refractivity contribution in [2.45, 2.75) is 25.0 Å². The smallest absolute Gasteiger partial charge is 0.274 e. The van der Waals surface area contributed by atoms with Crippen molar-refractivity contribution in [3.8, 4) is 0 Å². The average Bonchev–Trinajstić information content (AvgIpc) is 2.88. The van der Waals surface area contributed by atoms with Crippen LogP contribution in [-0.2, 0) is 10.0 Å². The van der Waals surface area contributed by atoms with Crippen molar-refractivity contribution in [2.24, 2.45) is 0 Å². The van der Waals surface area contributed by atoms with E-state index in [1.807, 2.05) is 31.2 Å². The van der Waals surface area contributed by atoms with Crippen molar-refractivity contribution in [2.75, 3.05) is 0 Å². The van der Waals surface area contributed by atoms with Crippen molar-refractivity contribution in [3.63, 3.8) is 0 Å². The van der Waals surface area contributed by atoms with E-state index >= 15 is 0 Å². The maximum absolute atomic E-state index is 12.1. The summed E-state index contributed by atoms with van der Waals surface area (Å²) in [7, 11) is -3.79. The van der Waals surface area contributed by atoms with Crippen LogP contribution in [0, 0.1) is 6.92 Å². The zero-order valence-corrected chi connectivity index (χ0v) is 12.0. The summed E-state index contributed by atoms with van der Waals surface area (Å²) in [5.41, 5.74) is 1.88. The molecular weight excluding hydrogens is 278 g/mol. The maximum atomic E-state index is 12.1. The molecule has 0 aliphatic carbocycles. The molecule has 2 rings (SSSR count). The standard InChI is InChI=1S/C14H15NO4S/c1-10-5-3-4-6-13(10)11(2)15-20(17,18)14-8-7-12(9-16)19-14/h3-9,11,15H,1-2H3. The van der Waals surface area contributed by atoms with Crippen LogP contribution < -0.4 is 4.72 Å². The van der Waals surface area contributed by atoms with Crippen LogP contribution in [0.2, 0.25) is 0 Å². The van der Waals surface area contributed by atoms with Gasteiger partial charge in [-0.15, -0.1) is 0 Å². The molecule has 0 saturated carbocycles. The van der Waals surface area contributed by atoms with Crippen LogP contribution in [-0.4, -0.2) is 14.7 Å². The average molecular weight is 293 g/mol. The molecule has 6 heteroatoms. The van der Waals surface area contributed by atoms with Gasteiger partial charge in [-0.3, -0.25) is 4.79 Å². The quantitative estimate of drug-likeness (QED) is 0.859. The lowest BCUT2D eigenvalue weighted by Gasteiger charge is -2.15. The molecule has 0 fully saturated rings. The number of sulfonamides is 1. The fraction of sp³-hybridized carbons (Fsp3) is 0.214. The molecule has 1 unspecified atom stereocenters. The second-order valence-corrected chi connectivity index (χ2v) is 6.12. The number of aldehydes is 1. The van der Waals surface area contributed by atoms with Gasteiger partial charge in [0.1, 0.15) is 0 Å². The molecule has 5 nitrogen and oxygen atoms in total. The minimum atomic E-state index is -3.79. The van der Waals surface area contributed by atoms with Gasteiger partial charge in [0, 0.05) is 6.04 Å². The Morgan fingerprint density at radius 3 is 2.50 bits per heavy atom. The van der Waals surface area contributed by atoms with Gasteiger partial charge in [0.15, 0.2) is 12.0 Å². The molecule has 0 bridgehead atoms. The lowest BCUT2D eigenvalue weighted by atomic mass is 10.0. The minimum absolute atomic E-state index is 0.0195. The first-order chi connectivity index (χ1) is 9.44. The van der Waals surface area contributed by atoms with E-state index in [9.17, 15) is 13.2 Å². The first-order valence-corrected chi connectivity index (χ1v) is 7.55. The van der Waals surface area contributed by atoms with Crippen molar-refractivity contribution in [1.82, 2.24) is 4.72 Å². The third-order valence-corrected chi connectivity index (χ3v) is 4.38. The predicted octanol–water partition coefficient (Wildman–Crippen LogP) is 2.44. The fourth-order valence-corrected chi connectivity index (χ4v) is 3.13. The Morgan fingerprint density at radius 1 is 1.20 bits per heavy atom. The van der Waals surface area contributed by atoms with Crippen LogP contribution in [0.4, 0.5) is 0 Å². The fourth-order valence-electron chi connectivity index (χ4n) is 1.97. The van der Waals surface area contributed by atoms with Crippen LogP contribution in [0.1, 0.15) is 34.6 Å². The van der Waals surface area contributed by atoms with Crippen LogP contribution in [0.5, 0.6) is 0 Å². The highest BCUT2D eigenvalue weighted by atomic mass is 32.2. The van der Waals surface area contributed by atoms with E-state index in [4.69, 9.17) is 4.42 Å². The molecule has 0 radical (unpaired) electrons. The lowest BCUT2D eigenvalue weighted by molar-refractivity contribution is 0.109. The second kappa shape index (κ2) is 5.60. The molecule has 1 aromatic carbocycles. The van der Waals surface area contributed by atoms with Crippen molar-refractivity contribution in [3.05, 3.63) is 53.3 Å². The van der Waals surface area contributed by atoms with E-state index < -0.39 is 16.1 Å². The van der Waals surface area contributed by atoms with Crippen molar-refractivity contribution < 1.29 is 17.6 Å². The lowest BCUT2D eigenvalue weighted by Crippen LogP contribution is -2.27. The zero-order chi connectivity index (χ0) is 14.8. The van der Waals surface area contributed by atoms with E-state index in [2.05, 4.69) is 4.72 Å². The third-order valence-electron chi connectivity index (χ3n) is 2.97. The molecular formula is C14H15NO4S. The van der Waals surface area contributed by atoms with Gasteiger partial charge in [-0.2, -0.15) is 0 Å². The first kappa shape index (κ1) is 14.5. The van der Waals surface area contributed by atoms with Crippen LogP contribution in [0.25, 0.3) is 0 Å². The number of furan rings is 1. The van der Waals surface area contributed by atoms with Crippen molar-refractivity contribution in [1.29, 1.82) is 0 Å².